The van der Waals surface area contributed by atoms with E-state index in [1.54, 1.807) is 0 Å². The summed E-state index contributed by atoms with van der Waals surface area (Å²) in [5.74, 6) is 2.11. The fraction of sp³-hybridized carbons (Fsp3) is 0.923. The highest BCUT2D eigenvalue weighted by atomic mass is 32.2. The van der Waals surface area contributed by atoms with Gasteiger partial charge in [0.25, 0.3) is 0 Å². The van der Waals surface area contributed by atoms with Gasteiger partial charge in [0.2, 0.25) is 0 Å². The second-order valence-corrected chi connectivity index (χ2v) is 6.05. The minimum absolute atomic E-state index is 0.129. The van der Waals surface area contributed by atoms with E-state index in [0.717, 1.165) is 24.3 Å². The second-order valence-electron chi connectivity index (χ2n) is 4.65. The lowest BCUT2D eigenvalue weighted by molar-refractivity contribution is -0.151. The number of ether oxygens (including phenoxy) is 1. The van der Waals surface area contributed by atoms with Gasteiger partial charge in [-0.3, -0.25) is 10.1 Å². The Balaban J connectivity index is 4.33. The van der Waals surface area contributed by atoms with Gasteiger partial charge in [-0.15, -0.1) is 0 Å². The van der Waals surface area contributed by atoms with E-state index < -0.39 is 5.54 Å². The van der Waals surface area contributed by atoms with Gasteiger partial charge in [0.1, 0.15) is 5.54 Å². The van der Waals surface area contributed by atoms with E-state index in [1.165, 1.54) is 0 Å². The standard InChI is InChI=1S/C13H27NO2S/c1-6-16-12(15)13(5,14-11(3)4)9-8-10-17-7-2/h11,14H,6-10H2,1-5H3. The lowest BCUT2D eigenvalue weighted by Gasteiger charge is -2.30. The van der Waals surface area contributed by atoms with Crippen LogP contribution in [0.4, 0.5) is 0 Å². The van der Waals surface area contributed by atoms with Crippen LogP contribution in [0, 0.1) is 0 Å². The van der Waals surface area contributed by atoms with Crippen molar-refractivity contribution >= 4 is 17.7 Å². The third-order valence-electron chi connectivity index (χ3n) is 2.50. The molecule has 0 rings (SSSR count). The number of carbonyl (C=O) groups excluding carboxylic acids is 1. The highest BCUT2D eigenvalue weighted by Gasteiger charge is 2.34. The van der Waals surface area contributed by atoms with Crippen molar-refractivity contribution in [2.45, 2.75) is 59.0 Å². The molecule has 0 aliphatic heterocycles. The molecular formula is C13H27NO2S. The highest BCUT2D eigenvalue weighted by Crippen LogP contribution is 2.18. The number of nitrogens with one attached hydrogen (secondary N) is 1. The molecule has 0 radical (unpaired) electrons. The van der Waals surface area contributed by atoms with Gasteiger partial charge in [0, 0.05) is 6.04 Å². The zero-order valence-electron chi connectivity index (χ0n) is 11.8. The Kier molecular flexibility index (Phi) is 8.70. The van der Waals surface area contributed by atoms with Crippen LogP contribution in [0.1, 0.15) is 47.5 Å². The van der Waals surface area contributed by atoms with E-state index in [4.69, 9.17) is 4.74 Å². The molecule has 3 nitrogen and oxygen atoms in total. The summed E-state index contributed by atoms with van der Waals surface area (Å²) < 4.78 is 5.16. The predicted molar refractivity (Wildman–Crippen MR) is 75.5 cm³/mol. The zero-order chi connectivity index (χ0) is 13.3. The molecule has 1 atom stereocenters. The van der Waals surface area contributed by atoms with Gasteiger partial charge in [0.15, 0.2) is 0 Å². The maximum atomic E-state index is 12.0. The van der Waals surface area contributed by atoms with Crippen molar-refractivity contribution in [1.82, 2.24) is 5.32 Å². The zero-order valence-corrected chi connectivity index (χ0v) is 12.7. The normalized spacial score (nSPS) is 14.7. The first-order valence-electron chi connectivity index (χ1n) is 6.49. The summed E-state index contributed by atoms with van der Waals surface area (Å²) in [6.45, 7) is 10.5. The molecule has 0 aromatic heterocycles. The third-order valence-corrected chi connectivity index (χ3v) is 3.49. The number of hydrogen-bond acceptors (Lipinski definition) is 4. The van der Waals surface area contributed by atoms with Crippen molar-refractivity contribution < 1.29 is 9.53 Å². The number of thioether (sulfide) groups is 1. The summed E-state index contributed by atoms with van der Waals surface area (Å²) in [5.41, 5.74) is -0.543. The van der Waals surface area contributed by atoms with E-state index in [9.17, 15) is 4.79 Å². The van der Waals surface area contributed by atoms with Crippen molar-refractivity contribution in [2.75, 3.05) is 18.1 Å². The molecule has 0 aliphatic carbocycles. The van der Waals surface area contributed by atoms with Crippen LogP contribution in [-0.4, -0.2) is 35.7 Å². The van der Waals surface area contributed by atoms with E-state index in [-0.39, 0.29) is 12.0 Å². The third kappa shape index (κ3) is 6.94. The Labute approximate surface area is 110 Å². The summed E-state index contributed by atoms with van der Waals surface area (Å²) in [6, 6.07) is 0.281. The van der Waals surface area contributed by atoms with Crippen molar-refractivity contribution in [3.63, 3.8) is 0 Å². The number of hydrogen-bond donors (Lipinski definition) is 1. The molecule has 4 heteroatoms. The molecule has 0 aliphatic rings. The molecule has 0 aromatic carbocycles. The minimum atomic E-state index is -0.543. The first-order chi connectivity index (χ1) is 7.96. The average Bonchev–Trinajstić information content (AvgIpc) is 2.24. The molecule has 0 saturated heterocycles. The number of esters is 1. The topological polar surface area (TPSA) is 38.3 Å². The van der Waals surface area contributed by atoms with Crippen molar-refractivity contribution in [1.29, 1.82) is 0 Å². The molecule has 17 heavy (non-hydrogen) atoms. The Morgan fingerprint density at radius 3 is 2.53 bits per heavy atom. The van der Waals surface area contributed by atoms with Gasteiger partial charge < -0.3 is 4.74 Å². The molecule has 1 N–H and O–H groups in total. The molecule has 102 valence electrons. The van der Waals surface area contributed by atoms with Crippen LogP contribution < -0.4 is 5.32 Å². The first kappa shape index (κ1) is 16.8. The lowest BCUT2D eigenvalue weighted by Crippen LogP contribution is -2.53. The van der Waals surface area contributed by atoms with Crippen LogP contribution in [0.5, 0.6) is 0 Å². The summed E-state index contributed by atoms with van der Waals surface area (Å²) in [6.07, 6.45) is 1.87. The molecule has 0 amide bonds. The van der Waals surface area contributed by atoms with Crippen molar-refractivity contribution in [2.24, 2.45) is 0 Å². The molecule has 0 heterocycles. The summed E-state index contributed by atoms with van der Waals surface area (Å²) in [5, 5.41) is 3.33. The van der Waals surface area contributed by atoms with Gasteiger partial charge in [-0.1, -0.05) is 6.92 Å². The SMILES string of the molecule is CCOC(=O)C(C)(CCCSCC)NC(C)C. The predicted octanol–water partition coefficient (Wildman–Crippen LogP) is 2.84. The highest BCUT2D eigenvalue weighted by molar-refractivity contribution is 7.99. The summed E-state index contributed by atoms with van der Waals surface area (Å²) >= 11 is 1.91. The average molecular weight is 261 g/mol. The smallest absolute Gasteiger partial charge is 0.326 e. The van der Waals surface area contributed by atoms with Crippen LogP contribution in [-0.2, 0) is 9.53 Å². The Morgan fingerprint density at radius 2 is 2.06 bits per heavy atom. The molecular weight excluding hydrogens is 234 g/mol. The summed E-state index contributed by atoms with van der Waals surface area (Å²) in [7, 11) is 0. The molecule has 0 saturated carbocycles. The van der Waals surface area contributed by atoms with Gasteiger partial charge in [-0.05, 0) is 52.0 Å². The van der Waals surface area contributed by atoms with E-state index in [2.05, 4.69) is 26.1 Å². The second kappa shape index (κ2) is 8.81. The fourth-order valence-corrected chi connectivity index (χ4v) is 2.47. The van der Waals surface area contributed by atoms with E-state index in [0.29, 0.717) is 6.61 Å². The van der Waals surface area contributed by atoms with Crippen molar-refractivity contribution in [3.8, 4) is 0 Å². The molecule has 0 bridgehead atoms. The molecule has 1 unspecified atom stereocenters. The quantitative estimate of drug-likeness (QED) is 0.511. The first-order valence-corrected chi connectivity index (χ1v) is 7.64. The molecule has 0 fully saturated rings. The largest absolute Gasteiger partial charge is 0.465 e. The van der Waals surface area contributed by atoms with Gasteiger partial charge >= 0.3 is 5.97 Å². The van der Waals surface area contributed by atoms with Gasteiger partial charge in [0.05, 0.1) is 6.61 Å². The monoisotopic (exact) mass is 261 g/mol. The maximum absolute atomic E-state index is 12.0. The number of carbonyl (C=O) groups is 1. The fourth-order valence-electron chi connectivity index (χ4n) is 1.83. The van der Waals surface area contributed by atoms with Crippen LogP contribution in [0.15, 0.2) is 0 Å². The van der Waals surface area contributed by atoms with Crippen LogP contribution >= 0.6 is 11.8 Å². The van der Waals surface area contributed by atoms with Crippen LogP contribution in [0.2, 0.25) is 0 Å². The Bertz CT molecular complexity index is 221. The number of rotatable bonds is 9. The van der Waals surface area contributed by atoms with Gasteiger partial charge in [-0.25, -0.2) is 0 Å². The lowest BCUT2D eigenvalue weighted by atomic mass is 9.95. The summed E-state index contributed by atoms with van der Waals surface area (Å²) in [4.78, 5) is 12.0. The maximum Gasteiger partial charge on any atom is 0.326 e. The Morgan fingerprint density at radius 1 is 1.41 bits per heavy atom. The minimum Gasteiger partial charge on any atom is -0.465 e. The van der Waals surface area contributed by atoms with E-state index in [1.807, 2.05) is 25.6 Å². The van der Waals surface area contributed by atoms with Crippen LogP contribution in [0.3, 0.4) is 0 Å². The molecule has 0 spiro atoms. The molecule has 0 aromatic rings. The Hall–Kier alpha value is -0.220. The van der Waals surface area contributed by atoms with Crippen molar-refractivity contribution in [3.05, 3.63) is 0 Å². The van der Waals surface area contributed by atoms with Gasteiger partial charge in [-0.2, -0.15) is 11.8 Å². The van der Waals surface area contributed by atoms with Crippen LogP contribution in [0.25, 0.3) is 0 Å². The van der Waals surface area contributed by atoms with E-state index >= 15 is 0 Å².